The molecule has 0 amide bonds. The first-order valence-electron chi connectivity index (χ1n) is 9.22. The molecule has 6 heteroatoms. The zero-order valence-corrected chi connectivity index (χ0v) is 15.2. The van der Waals surface area contributed by atoms with Crippen molar-refractivity contribution in [1.29, 1.82) is 0 Å². The molecule has 2 aromatic heterocycles. The zero-order valence-electron chi connectivity index (χ0n) is 15.2. The monoisotopic (exact) mass is 349 g/mol. The molecule has 1 aliphatic carbocycles. The quantitative estimate of drug-likeness (QED) is 0.709. The molecule has 1 aromatic carbocycles. The lowest BCUT2D eigenvalue weighted by atomic mass is 9.75. The SMILES string of the molecule is COCC1(C2CC2)CN(c2nc(C)nc3c2cnn3-c2ccccc2)C1. The Bertz CT molecular complexity index is 941. The van der Waals surface area contributed by atoms with Crippen LogP contribution in [0.2, 0.25) is 0 Å². The number of hydrogen-bond donors (Lipinski definition) is 0. The van der Waals surface area contributed by atoms with Crippen LogP contribution in [0.4, 0.5) is 5.82 Å². The molecule has 0 radical (unpaired) electrons. The van der Waals surface area contributed by atoms with E-state index in [4.69, 9.17) is 9.72 Å². The van der Waals surface area contributed by atoms with Crippen molar-refractivity contribution in [3.63, 3.8) is 0 Å². The summed E-state index contributed by atoms with van der Waals surface area (Å²) in [6, 6.07) is 10.1. The predicted octanol–water partition coefficient (Wildman–Crippen LogP) is 2.99. The Hall–Kier alpha value is -2.47. The highest BCUT2D eigenvalue weighted by Crippen LogP contribution is 2.52. The topological polar surface area (TPSA) is 56.1 Å². The first-order valence-corrected chi connectivity index (χ1v) is 9.22. The molecule has 3 aromatic rings. The van der Waals surface area contributed by atoms with E-state index in [2.05, 4.69) is 15.0 Å². The Morgan fingerprint density at radius 2 is 1.92 bits per heavy atom. The first kappa shape index (κ1) is 15.8. The summed E-state index contributed by atoms with van der Waals surface area (Å²) in [7, 11) is 1.81. The maximum absolute atomic E-state index is 5.53. The lowest BCUT2D eigenvalue weighted by Crippen LogP contribution is -2.60. The van der Waals surface area contributed by atoms with Gasteiger partial charge in [-0.15, -0.1) is 0 Å². The highest BCUT2D eigenvalue weighted by Gasteiger charge is 2.53. The summed E-state index contributed by atoms with van der Waals surface area (Å²) in [5.41, 5.74) is 2.19. The largest absolute Gasteiger partial charge is 0.384 e. The van der Waals surface area contributed by atoms with Gasteiger partial charge in [0.25, 0.3) is 0 Å². The van der Waals surface area contributed by atoms with Gasteiger partial charge in [0, 0.05) is 25.6 Å². The average Bonchev–Trinajstić information content (AvgIpc) is 3.38. The fourth-order valence-electron chi connectivity index (χ4n) is 4.31. The van der Waals surface area contributed by atoms with Gasteiger partial charge in [0.1, 0.15) is 11.6 Å². The third-order valence-corrected chi connectivity index (χ3v) is 5.71. The maximum Gasteiger partial charge on any atom is 0.168 e. The number of aryl methyl sites for hydroxylation is 1. The molecule has 0 bridgehead atoms. The molecule has 0 spiro atoms. The van der Waals surface area contributed by atoms with Gasteiger partial charge >= 0.3 is 0 Å². The van der Waals surface area contributed by atoms with E-state index < -0.39 is 0 Å². The van der Waals surface area contributed by atoms with Crippen molar-refractivity contribution >= 4 is 16.9 Å². The number of nitrogens with zero attached hydrogens (tertiary/aromatic N) is 5. The smallest absolute Gasteiger partial charge is 0.168 e. The molecule has 26 heavy (non-hydrogen) atoms. The van der Waals surface area contributed by atoms with Gasteiger partial charge in [0.05, 0.1) is 23.9 Å². The van der Waals surface area contributed by atoms with E-state index >= 15 is 0 Å². The molecule has 6 nitrogen and oxygen atoms in total. The van der Waals surface area contributed by atoms with E-state index in [9.17, 15) is 0 Å². The molecule has 3 heterocycles. The minimum Gasteiger partial charge on any atom is -0.384 e. The summed E-state index contributed by atoms with van der Waals surface area (Å²) >= 11 is 0. The van der Waals surface area contributed by atoms with Gasteiger partial charge in [-0.3, -0.25) is 0 Å². The average molecular weight is 349 g/mol. The number of rotatable bonds is 5. The van der Waals surface area contributed by atoms with E-state index in [1.165, 1.54) is 12.8 Å². The van der Waals surface area contributed by atoms with Crippen LogP contribution in [0.1, 0.15) is 18.7 Å². The molecule has 0 unspecified atom stereocenters. The Labute approximate surface area is 152 Å². The lowest BCUT2D eigenvalue weighted by molar-refractivity contribution is 0.0378. The van der Waals surface area contributed by atoms with Crippen molar-refractivity contribution in [3.05, 3.63) is 42.4 Å². The van der Waals surface area contributed by atoms with E-state index in [1.807, 2.05) is 55.2 Å². The molecule has 5 rings (SSSR count). The van der Waals surface area contributed by atoms with Crippen molar-refractivity contribution in [2.24, 2.45) is 11.3 Å². The Morgan fingerprint density at radius 1 is 1.15 bits per heavy atom. The van der Waals surface area contributed by atoms with E-state index in [0.29, 0.717) is 5.41 Å². The van der Waals surface area contributed by atoms with Crippen molar-refractivity contribution in [1.82, 2.24) is 19.7 Å². The second kappa shape index (κ2) is 5.77. The van der Waals surface area contributed by atoms with Crippen LogP contribution in [0.15, 0.2) is 36.5 Å². The lowest BCUT2D eigenvalue weighted by Gasteiger charge is -2.51. The van der Waals surface area contributed by atoms with Gasteiger partial charge in [0.2, 0.25) is 0 Å². The third-order valence-electron chi connectivity index (χ3n) is 5.71. The minimum atomic E-state index is 0.301. The van der Waals surface area contributed by atoms with Crippen LogP contribution in [0.25, 0.3) is 16.7 Å². The van der Waals surface area contributed by atoms with Crippen molar-refractivity contribution < 1.29 is 4.74 Å². The maximum atomic E-state index is 5.53. The number of ether oxygens (including phenoxy) is 1. The number of fused-ring (bicyclic) bond motifs is 1. The number of benzene rings is 1. The number of anilines is 1. The summed E-state index contributed by atoms with van der Waals surface area (Å²) in [4.78, 5) is 11.8. The fourth-order valence-corrected chi connectivity index (χ4v) is 4.31. The molecular formula is C20H23N5O. The minimum absolute atomic E-state index is 0.301. The predicted molar refractivity (Wildman–Crippen MR) is 101 cm³/mol. The van der Waals surface area contributed by atoms with Crippen LogP contribution in [0.5, 0.6) is 0 Å². The van der Waals surface area contributed by atoms with Crippen molar-refractivity contribution in [3.8, 4) is 5.69 Å². The molecule has 2 aliphatic rings. The van der Waals surface area contributed by atoms with Crippen LogP contribution >= 0.6 is 0 Å². The second-order valence-corrected chi connectivity index (χ2v) is 7.65. The van der Waals surface area contributed by atoms with Crippen molar-refractivity contribution in [2.75, 3.05) is 31.7 Å². The van der Waals surface area contributed by atoms with Gasteiger partial charge in [-0.2, -0.15) is 5.10 Å². The number of hydrogen-bond acceptors (Lipinski definition) is 5. The summed E-state index contributed by atoms with van der Waals surface area (Å²) in [6.07, 6.45) is 4.56. The fraction of sp³-hybridized carbons (Fsp3) is 0.450. The summed E-state index contributed by atoms with van der Waals surface area (Å²) in [6.45, 7) is 4.81. The van der Waals surface area contributed by atoms with Gasteiger partial charge < -0.3 is 9.64 Å². The molecule has 0 atom stereocenters. The molecule has 2 fully saturated rings. The van der Waals surface area contributed by atoms with Crippen LogP contribution < -0.4 is 4.90 Å². The van der Waals surface area contributed by atoms with Crippen LogP contribution in [0, 0.1) is 18.3 Å². The number of aromatic nitrogens is 4. The van der Waals surface area contributed by atoms with Gasteiger partial charge in [0.15, 0.2) is 5.65 Å². The van der Waals surface area contributed by atoms with Crippen molar-refractivity contribution in [2.45, 2.75) is 19.8 Å². The molecule has 0 N–H and O–H groups in total. The third kappa shape index (κ3) is 2.40. The molecule has 134 valence electrons. The number of para-hydroxylation sites is 1. The highest BCUT2D eigenvalue weighted by molar-refractivity contribution is 5.88. The summed E-state index contributed by atoms with van der Waals surface area (Å²) in [5, 5.41) is 5.61. The van der Waals surface area contributed by atoms with Gasteiger partial charge in [-0.1, -0.05) is 18.2 Å². The second-order valence-electron chi connectivity index (χ2n) is 7.65. The summed E-state index contributed by atoms with van der Waals surface area (Å²) in [5.74, 6) is 2.59. The first-order chi connectivity index (χ1) is 12.7. The van der Waals surface area contributed by atoms with Crippen LogP contribution in [-0.2, 0) is 4.74 Å². The van der Waals surface area contributed by atoms with Crippen LogP contribution in [-0.4, -0.2) is 46.6 Å². The van der Waals surface area contributed by atoms with E-state index in [0.717, 1.165) is 54.0 Å². The molecule has 1 aliphatic heterocycles. The van der Waals surface area contributed by atoms with Crippen LogP contribution in [0.3, 0.4) is 0 Å². The normalized spacial score (nSPS) is 18.9. The number of methoxy groups -OCH3 is 1. The molecule has 1 saturated heterocycles. The van der Waals surface area contributed by atoms with Gasteiger partial charge in [-0.05, 0) is 37.8 Å². The standard InChI is InChI=1S/C20H23N5O/c1-14-22-18(24-11-20(12-24,13-26-2)15-8-9-15)17-10-21-25(19(17)23-14)16-6-4-3-5-7-16/h3-7,10,15H,8-9,11-13H2,1-2H3. The zero-order chi connectivity index (χ0) is 17.7. The molecular weight excluding hydrogens is 326 g/mol. The highest BCUT2D eigenvalue weighted by atomic mass is 16.5. The molecule has 1 saturated carbocycles. The Kier molecular flexibility index (Phi) is 3.50. The summed E-state index contributed by atoms with van der Waals surface area (Å²) < 4.78 is 7.43. The van der Waals surface area contributed by atoms with E-state index in [1.54, 1.807) is 0 Å². The Balaban J connectivity index is 1.52. The van der Waals surface area contributed by atoms with E-state index in [-0.39, 0.29) is 0 Å². The Morgan fingerprint density at radius 3 is 2.62 bits per heavy atom. The van der Waals surface area contributed by atoms with Gasteiger partial charge in [-0.25, -0.2) is 14.6 Å².